The van der Waals surface area contributed by atoms with Crippen molar-refractivity contribution in [1.29, 1.82) is 0 Å². The second kappa shape index (κ2) is 14.5. The molecule has 0 radical (unpaired) electrons. The van der Waals surface area contributed by atoms with E-state index in [0.717, 1.165) is 30.3 Å². The topological polar surface area (TPSA) is 204 Å². The minimum atomic E-state index is -1.52. The minimum absolute atomic E-state index is 0.161. The van der Waals surface area contributed by atoms with Crippen molar-refractivity contribution in [1.82, 2.24) is 14.9 Å². The van der Waals surface area contributed by atoms with Gasteiger partial charge < -0.3 is 35.5 Å². The third-order valence-electron chi connectivity index (χ3n) is 7.14. The molecule has 228 valence electrons. The Balaban J connectivity index is 1.64. The van der Waals surface area contributed by atoms with Crippen molar-refractivity contribution in [2.24, 2.45) is 11.7 Å². The Morgan fingerprint density at radius 2 is 1.90 bits per heavy atom. The van der Waals surface area contributed by atoms with Crippen LogP contribution in [0.25, 0.3) is 0 Å². The van der Waals surface area contributed by atoms with E-state index in [1.165, 1.54) is 25.6 Å². The third-order valence-corrected chi connectivity index (χ3v) is 7.14. The number of rotatable bonds is 11. The maximum absolute atomic E-state index is 12.8. The van der Waals surface area contributed by atoms with Crippen LogP contribution in [0.2, 0.25) is 0 Å². The number of hydrogen-bond donors (Lipinski definition) is 5. The summed E-state index contributed by atoms with van der Waals surface area (Å²) >= 11 is 0. The number of hydrogen-bond acceptors (Lipinski definition) is 11. The maximum atomic E-state index is 12.8. The number of nitrogens with two attached hydrogens (primary N) is 1. The van der Waals surface area contributed by atoms with Gasteiger partial charge in [-0.2, -0.15) is 4.98 Å². The average Bonchev–Trinajstić information content (AvgIpc) is 3.20. The first-order valence-electron chi connectivity index (χ1n) is 13.9. The molecule has 6 N–H and O–H groups in total. The third kappa shape index (κ3) is 8.58. The monoisotopic (exact) mass is 579 g/mol. The van der Waals surface area contributed by atoms with Crippen molar-refractivity contribution in [2.75, 3.05) is 11.9 Å². The molecule has 41 heavy (non-hydrogen) atoms. The summed E-state index contributed by atoms with van der Waals surface area (Å²) in [6, 6.07) is -0.482. The second-order valence-corrected chi connectivity index (χ2v) is 10.8. The first-order valence-corrected chi connectivity index (χ1v) is 13.9. The van der Waals surface area contributed by atoms with Gasteiger partial charge in [0.1, 0.15) is 18.0 Å². The molecular formula is C27H41N5O9. The number of amides is 2. The second-order valence-electron chi connectivity index (χ2n) is 10.8. The van der Waals surface area contributed by atoms with Gasteiger partial charge in [-0.3, -0.25) is 14.7 Å². The SMILES string of the molecule is C=C1[C@H](n2ccc(NC(=O)O[C@@H](C(=O)OC(C)C)[C@H](C)NC(=O)[C@@H](N)CC3CCCCC3)nc2=O)O[C@H](CO)[C@H]1O. The lowest BCUT2D eigenvalue weighted by Crippen LogP contribution is -2.53. The normalized spacial score (nSPS) is 23.5. The van der Waals surface area contributed by atoms with E-state index in [9.17, 15) is 29.4 Å². The first kappa shape index (κ1) is 32.2. The van der Waals surface area contributed by atoms with Crippen LogP contribution in [-0.2, 0) is 23.8 Å². The lowest BCUT2D eigenvalue weighted by molar-refractivity contribution is -0.158. The van der Waals surface area contributed by atoms with E-state index in [1.807, 2.05) is 0 Å². The smallest absolute Gasteiger partial charge is 0.413 e. The van der Waals surface area contributed by atoms with Crippen LogP contribution in [0.15, 0.2) is 29.2 Å². The molecule has 1 saturated carbocycles. The number of anilines is 1. The number of aliphatic hydroxyl groups excluding tert-OH is 2. The number of nitrogens with zero attached hydrogens (tertiary/aromatic N) is 2. The molecule has 1 aromatic heterocycles. The van der Waals surface area contributed by atoms with Crippen molar-refractivity contribution < 1.29 is 38.8 Å². The molecule has 1 aliphatic carbocycles. The molecule has 0 aromatic carbocycles. The number of aliphatic hydroxyl groups is 2. The van der Waals surface area contributed by atoms with Gasteiger partial charge in [-0.1, -0.05) is 38.7 Å². The summed E-state index contributed by atoms with van der Waals surface area (Å²) in [4.78, 5) is 54.6. The van der Waals surface area contributed by atoms with Crippen LogP contribution < -0.4 is 22.1 Å². The van der Waals surface area contributed by atoms with Crippen molar-refractivity contribution in [3.8, 4) is 0 Å². The van der Waals surface area contributed by atoms with E-state index in [1.54, 1.807) is 13.8 Å². The summed E-state index contributed by atoms with van der Waals surface area (Å²) in [6.45, 7) is 7.97. The Kier molecular flexibility index (Phi) is 11.4. The molecule has 0 spiro atoms. The Morgan fingerprint density at radius 3 is 2.49 bits per heavy atom. The fraction of sp³-hybridized carbons (Fsp3) is 0.667. The van der Waals surface area contributed by atoms with Crippen LogP contribution in [0.5, 0.6) is 0 Å². The van der Waals surface area contributed by atoms with Crippen LogP contribution in [0.4, 0.5) is 10.6 Å². The predicted octanol–water partition coefficient (Wildman–Crippen LogP) is 0.721. The van der Waals surface area contributed by atoms with E-state index in [0.29, 0.717) is 12.3 Å². The molecule has 2 fully saturated rings. The lowest BCUT2D eigenvalue weighted by Gasteiger charge is -2.27. The van der Waals surface area contributed by atoms with E-state index in [-0.39, 0.29) is 11.4 Å². The largest absolute Gasteiger partial charge is 0.460 e. The van der Waals surface area contributed by atoms with Crippen molar-refractivity contribution in [3.05, 3.63) is 34.9 Å². The summed E-state index contributed by atoms with van der Waals surface area (Å²) in [7, 11) is 0. The molecule has 14 heteroatoms. The van der Waals surface area contributed by atoms with Gasteiger partial charge >= 0.3 is 17.8 Å². The highest BCUT2D eigenvalue weighted by molar-refractivity contribution is 5.87. The van der Waals surface area contributed by atoms with Crippen molar-refractivity contribution in [3.63, 3.8) is 0 Å². The van der Waals surface area contributed by atoms with Gasteiger partial charge in [0, 0.05) is 11.8 Å². The molecule has 6 atom stereocenters. The number of carbonyl (C=O) groups is 3. The summed E-state index contributed by atoms with van der Waals surface area (Å²) in [5.74, 6) is -1.17. The average molecular weight is 580 g/mol. The van der Waals surface area contributed by atoms with E-state index >= 15 is 0 Å². The number of esters is 1. The molecule has 2 amide bonds. The molecule has 1 aliphatic heterocycles. The van der Waals surface area contributed by atoms with E-state index in [4.69, 9.17) is 19.9 Å². The molecular weight excluding hydrogens is 538 g/mol. The highest BCUT2D eigenvalue weighted by atomic mass is 16.6. The molecule has 0 unspecified atom stereocenters. The zero-order valence-corrected chi connectivity index (χ0v) is 23.7. The van der Waals surface area contributed by atoms with Gasteiger partial charge in [0.15, 0.2) is 6.23 Å². The van der Waals surface area contributed by atoms with E-state index < -0.39 is 73.0 Å². The van der Waals surface area contributed by atoms with Crippen molar-refractivity contribution >= 4 is 23.8 Å². The zero-order chi connectivity index (χ0) is 30.3. The van der Waals surface area contributed by atoms with Gasteiger partial charge in [0.25, 0.3) is 0 Å². The summed E-state index contributed by atoms with van der Waals surface area (Å²) in [6.07, 6.45) is 0.909. The fourth-order valence-electron chi connectivity index (χ4n) is 4.96. The molecule has 3 rings (SSSR count). The Morgan fingerprint density at radius 1 is 1.22 bits per heavy atom. The summed E-state index contributed by atoms with van der Waals surface area (Å²) in [5.41, 5.74) is 5.45. The summed E-state index contributed by atoms with van der Waals surface area (Å²) in [5, 5.41) is 24.3. The number of carbonyl (C=O) groups excluding carboxylic acids is 3. The maximum Gasteiger partial charge on any atom is 0.413 e. The van der Waals surface area contributed by atoms with Gasteiger partial charge in [-0.15, -0.1) is 0 Å². The highest BCUT2D eigenvalue weighted by Gasteiger charge is 2.39. The zero-order valence-electron chi connectivity index (χ0n) is 23.7. The molecule has 1 saturated heterocycles. The molecule has 1 aromatic rings. The van der Waals surface area contributed by atoms with Crippen LogP contribution in [-0.4, -0.2) is 80.8 Å². The van der Waals surface area contributed by atoms with Crippen LogP contribution >= 0.6 is 0 Å². The quantitative estimate of drug-likeness (QED) is 0.182. The van der Waals surface area contributed by atoms with Crippen LogP contribution in [0.3, 0.4) is 0 Å². The highest BCUT2D eigenvalue weighted by Crippen LogP contribution is 2.32. The van der Waals surface area contributed by atoms with Gasteiger partial charge in [-0.25, -0.2) is 14.4 Å². The molecule has 2 heterocycles. The Hall–Kier alpha value is -3.33. The van der Waals surface area contributed by atoms with Crippen molar-refractivity contribution in [2.45, 2.75) is 102 Å². The molecule has 14 nitrogen and oxygen atoms in total. The van der Waals surface area contributed by atoms with Gasteiger partial charge in [0.2, 0.25) is 12.0 Å². The standard InChI is InChI=1S/C27H41N5O9/c1-14(2)39-25(36)22(16(4)29-23(35)18(28)12-17-8-6-5-7-9-17)41-27(38)31-20-10-11-32(26(37)30-20)24-15(3)21(34)19(13-33)40-24/h10-11,14,16-19,21-22,24,33-34H,3,5-9,12-13,28H2,1-2,4H3,(H,29,35)(H,30,31,37,38)/t16-,18-,19+,21-,22+,24+/m0/s1. The molecule has 2 aliphatic rings. The number of aromatic nitrogens is 2. The number of ether oxygens (including phenoxy) is 3. The fourth-order valence-corrected chi connectivity index (χ4v) is 4.96. The number of nitrogens with one attached hydrogen (secondary N) is 2. The Labute approximate surface area is 238 Å². The van der Waals surface area contributed by atoms with Gasteiger partial charge in [-0.05, 0) is 39.2 Å². The van der Waals surface area contributed by atoms with Crippen LogP contribution in [0.1, 0.15) is 65.5 Å². The van der Waals surface area contributed by atoms with Gasteiger partial charge in [0.05, 0.1) is 24.8 Å². The summed E-state index contributed by atoms with van der Waals surface area (Å²) < 4.78 is 17.0. The Bertz CT molecular complexity index is 1150. The molecule has 0 bridgehead atoms. The predicted molar refractivity (Wildman–Crippen MR) is 147 cm³/mol. The minimum Gasteiger partial charge on any atom is -0.460 e. The lowest BCUT2D eigenvalue weighted by atomic mass is 9.85. The van der Waals surface area contributed by atoms with Crippen LogP contribution in [0, 0.1) is 5.92 Å². The van der Waals surface area contributed by atoms with E-state index in [2.05, 4.69) is 22.2 Å². The first-order chi connectivity index (χ1) is 19.4.